The summed E-state index contributed by atoms with van der Waals surface area (Å²) in [6, 6.07) is 10.0. The molecule has 1 aliphatic heterocycles. The van der Waals surface area contributed by atoms with Gasteiger partial charge in [-0.05, 0) is 29.9 Å². The SMILES string of the molecule is CCc1nnsc1C(=O)N1CCC(=O)N(Cc2ccccc2)[C@H](CC)C1. The minimum absolute atomic E-state index is 0.0140. The van der Waals surface area contributed by atoms with Crippen molar-refractivity contribution in [2.45, 2.75) is 45.7 Å². The Morgan fingerprint density at radius 1 is 1.27 bits per heavy atom. The molecule has 1 saturated heterocycles. The summed E-state index contributed by atoms with van der Waals surface area (Å²) in [5, 5.41) is 4.04. The van der Waals surface area contributed by atoms with Crippen LogP contribution in [0, 0.1) is 0 Å². The van der Waals surface area contributed by atoms with E-state index in [1.807, 2.05) is 42.2 Å². The zero-order valence-electron chi connectivity index (χ0n) is 15.2. The van der Waals surface area contributed by atoms with Crippen LogP contribution in [0.1, 0.15) is 47.6 Å². The van der Waals surface area contributed by atoms with Crippen LogP contribution in [0.25, 0.3) is 0 Å². The molecule has 7 heteroatoms. The lowest BCUT2D eigenvalue weighted by atomic mass is 10.1. The molecular weight excluding hydrogens is 348 g/mol. The molecular formula is C19H24N4O2S. The van der Waals surface area contributed by atoms with Gasteiger partial charge in [-0.25, -0.2) is 0 Å². The first-order valence-corrected chi connectivity index (χ1v) is 9.85. The molecule has 6 nitrogen and oxygen atoms in total. The first-order chi connectivity index (χ1) is 12.6. The van der Waals surface area contributed by atoms with Crippen molar-refractivity contribution in [3.63, 3.8) is 0 Å². The van der Waals surface area contributed by atoms with E-state index in [1.54, 1.807) is 4.90 Å². The molecule has 0 spiro atoms. The van der Waals surface area contributed by atoms with Crippen LogP contribution in [0.15, 0.2) is 30.3 Å². The largest absolute Gasteiger partial charge is 0.335 e. The Morgan fingerprint density at radius 3 is 2.73 bits per heavy atom. The summed E-state index contributed by atoms with van der Waals surface area (Å²) in [6.07, 6.45) is 1.84. The third kappa shape index (κ3) is 3.93. The normalized spacial score (nSPS) is 18.1. The van der Waals surface area contributed by atoms with E-state index in [0.717, 1.165) is 29.2 Å². The highest BCUT2D eigenvalue weighted by Crippen LogP contribution is 2.21. The second kappa shape index (κ2) is 8.40. The zero-order chi connectivity index (χ0) is 18.5. The number of nitrogens with zero attached hydrogens (tertiary/aromatic N) is 4. The molecule has 1 fully saturated rings. The Labute approximate surface area is 158 Å². The van der Waals surface area contributed by atoms with Crippen molar-refractivity contribution in [3.8, 4) is 0 Å². The number of carbonyl (C=O) groups excluding carboxylic acids is 2. The predicted octanol–water partition coefficient (Wildman–Crippen LogP) is 2.75. The van der Waals surface area contributed by atoms with Crippen LogP contribution in [0.5, 0.6) is 0 Å². The highest BCUT2D eigenvalue weighted by Gasteiger charge is 2.32. The molecule has 1 aliphatic rings. The summed E-state index contributed by atoms with van der Waals surface area (Å²) in [5.74, 6) is 0.0545. The van der Waals surface area contributed by atoms with Gasteiger partial charge in [0, 0.05) is 32.1 Å². The summed E-state index contributed by atoms with van der Waals surface area (Å²) >= 11 is 1.14. The van der Waals surface area contributed by atoms with Gasteiger partial charge in [0.25, 0.3) is 5.91 Å². The standard InChI is InChI=1S/C19H24N4O2S/c1-3-15-13-22(19(25)18-16(4-2)20-21-26-18)11-10-17(24)23(15)12-14-8-6-5-7-9-14/h5-9,15H,3-4,10-13H2,1-2H3/t15-/m1/s1. The highest BCUT2D eigenvalue weighted by molar-refractivity contribution is 7.08. The van der Waals surface area contributed by atoms with Gasteiger partial charge in [0.2, 0.25) is 5.91 Å². The average molecular weight is 372 g/mol. The summed E-state index contributed by atoms with van der Waals surface area (Å²) in [6.45, 7) is 5.61. The van der Waals surface area contributed by atoms with Crippen LogP contribution in [-0.4, -0.2) is 50.3 Å². The number of hydrogen-bond donors (Lipinski definition) is 0. The van der Waals surface area contributed by atoms with E-state index in [9.17, 15) is 9.59 Å². The lowest BCUT2D eigenvalue weighted by Crippen LogP contribution is -2.43. The number of aromatic nitrogens is 2. The molecule has 1 aromatic carbocycles. The lowest BCUT2D eigenvalue weighted by molar-refractivity contribution is -0.133. The van der Waals surface area contributed by atoms with E-state index >= 15 is 0 Å². The molecule has 1 atom stereocenters. The smallest absolute Gasteiger partial charge is 0.267 e. The van der Waals surface area contributed by atoms with Crippen molar-refractivity contribution in [3.05, 3.63) is 46.5 Å². The Hall–Kier alpha value is -2.28. The predicted molar refractivity (Wildman–Crippen MR) is 101 cm³/mol. The molecule has 2 amide bonds. The topological polar surface area (TPSA) is 66.4 Å². The third-order valence-electron chi connectivity index (χ3n) is 4.83. The Bertz CT molecular complexity index is 762. The number of benzene rings is 1. The average Bonchev–Trinajstić information content (AvgIpc) is 3.09. The van der Waals surface area contributed by atoms with Gasteiger partial charge in [-0.3, -0.25) is 9.59 Å². The van der Waals surface area contributed by atoms with E-state index in [2.05, 4.69) is 16.5 Å². The summed E-state index contributed by atoms with van der Waals surface area (Å²) in [5.41, 5.74) is 1.85. The Kier molecular flexibility index (Phi) is 5.98. The molecule has 0 saturated carbocycles. The Balaban J connectivity index is 1.79. The van der Waals surface area contributed by atoms with E-state index in [1.165, 1.54) is 0 Å². The Morgan fingerprint density at radius 2 is 2.04 bits per heavy atom. The maximum atomic E-state index is 13.0. The van der Waals surface area contributed by atoms with Crippen molar-refractivity contribution in [1.82, 2.24) is 19.4 Å². The van der Waals surface area contributed by atoms with Crippen molar-refractivity contribution >= 4 is 23.3 Å². The molecule has 138 valence electrons. The number of hydrogen-bond acceptors (Lipinski definition) is 5. The maximum absolute atomic E-state index is 13.0. The zero-order valence-corrected chi connectivity index (χ0v) is 16.0. The number of amides is 2. The molecule has 0 bridgehead atoms. The minimum Gasteiger partial charge on any atom is -0.335 e. The van der Waals surface area contributed by atoms with Crippen LogP contribution < -0.4 is 0 Å². The first-order valence-electron chi connectivity index (χ1n) is 9.07. The fraction of sp³-hybridized carbons (Fsp3) is 0.474. The first kappa shape index (κ1) is 18.5. The minimum atomic E-state index is -0.0512. The van der Waals surface area contributed by atoms with Crippen molar-refractivity contribution in [2.75, 3.05) is 13.1 Å². The summed E-state index contributed by atoms with van der Waals surface area (Å²) < 4.78 is 3.92. The van der Waals surface area contributed by atoms with Gasteiger partial charge in [-0.1, -0.05) is 48.7 Å². The van der Waals surface area contributed by atoms with Gasteiger partial charge in [-0.15, -0.1) is 5.10 Å². The third-order valence-corrected chi connectivity index (χ3v) is 5.58. The summed E-state index contributed by atoms with van der Waals surface area (Å²) in [7, 11) is 0. The molecule has 26 heavy (non-hydrogen) atoms. The van der Waals surface area contributed by atoms with E-state index in [0.29, 0.717) is 37.4 Å². The van der Waals surface area contributed by atoms with Gasteiger partial charge >= 0.3 is 0 Å². The van der Waals surface area contributed by atoms with Crippen molar-refractivity contribution < 1.29 is 9.59 Å². The molecule has 0 radical (unpaired) electrons. The fourth-order valence-electron chi connectivity index (χ4n) is 3.30. The van der Waals surface area contributed by atoms with E-state index in [-0.39, 0.29) is 17.9 Å². The molecule has 3 rings (SSSR count). The molecule has 2 heterocycles. The van der Waals surface area contributed by atoms with Crippen LogP contribution in [0.2, 0.25) is 0 Å². The molecule has 0 N–H and O–H groups in total. The molecule has 2 aromatic rings. The van der Waals surface area contributed by atoms with E-state index < -0.39 is 0 Å². The van der Waals surface area contributed by atoms with Crippen LogP contribution >= 0.6 is 11.5 Å². The highest BCUT2D eigenvalue weighted by atomic mass is 32.1. The van der Waals surface area contributed by atoms with Crippen LogP contribution in [0.3, 0.4) is 0 Å². The lowest BCUT2D eigenvalue weighted by Gasteiger charge is -2.31. The second-order valence-corrected chi connectivity index (χ2v) is 7.23. The number of carbonyl (C=O) groups is 2. The maximum Gasteiger partial charge on any atom is 0.267 e. The molecule has 0 unspecified atom stereocenters. The van der Waals surface area contributed by atoms with Gasteiger partial charge in [0.15, 0.2) is 0 Å². The quantitative estimate of drug-likeness (QED) is 0.809. The van der Waals surface area contributed by atoms with Gasteiger partial charge in [0.05, 0.1) is 5.69 Å². The number of rotatable bonds is 5. The van der Waals surface area contributed by atoms with Gasteiger partial charge in [-0.2, -0.15) is 0 Å². The molecule has 0 aliphatic carbocycles. The molecule has 1 aromatic heterocycles. The van der Waals surface area contributed by atoms with Crippen LogP contribution in [-0.2, 0) is 17.8 Å². The fourth-order valence-corrected chi connectivity index (χ4v) is 4.02. The van der Waals surface area contributed by atoms with Crippen molar-refractivity contribution in [1.29, 1.82) is 0 Å². The summed E-state index contributed by atoms with van der Waals surface area (Å²) in [4.78, 5) is 30.0. The van der Waals surface area contributed by atoms with Gasteiger partial charge < -0.3 is 9.80 Å². The van der Waals surface area contributed by atoms with E-state index in [4.69, 9.17) is 0 Å². The van der Waals surface area contributed by atoms with Crippen molar-refractivity contribution in [2.24, 2.45) is 0 Å². The van der Waals surface area contributed by atoms with Gasteiger partial charge in [0.1, 0.15) is 4.88 Å². The van der Waals surface area contributed by atoms with Crippen LogP contribution in [0.4, 0.5) is 0 Å². The monoisotopic (exact) mass is 372 g/mol. The number of aryl methyl sites for hydroxylation is 1. The second-order valence-electron chi connectivity index (χ2n) is 6.47.